The summed E-state index contributed by atoms with van der Waals surface area (Å²) in [6, 6.07) is 16.5. The molecule has 2 aliphatic heterocycles. The Morgan fingerprint density at radius 2 is 1.90 bits per heavy atom. The van der Waals surface area contributed by atoms with Crippen LogP contribution in [0.1, 0.15) is 35.4 Å². The molecule has 6 rings (SSSR count). The molecule has 1 aromatic heterocycles. The van der Waals surface area contributed by atoms with Crippen LogP contribution >= 0.6 is 0 Å². The molecule has 2 N–H and O–H groups in total. The maximum Gasteiger partial charge on any atom is 0.290 e. The van der Waals surface area contributed by atoms with Gasteiger partial charge in [-0.25, -0.2) is 0 Å². The average molecular weight is 415 g/mol. The van der Waals surface area contributed by atoms with Crippen LogP contribution in [0, 0.1) is 0 Å². The van der Waals surface area contributed by atoms with Crippen molar-refractivity contribution in [3.8, 4) is 0 Å². The molecule has 7 nitrogen and oxygen atoms in total. The molecule has 31 heavy (non-hydrogen) atoms. The van der Waals surface area contributed by atoms with Crippen molar-refractivity contribution < 1.29 is 18.8 Å². The van der Waals surface area contributed by atoms with Gasteiger partial charge in [-0.3, -0.25) is 14.4 Å². The topological polar surface area (TPSA) is 91.7 Å². The Bertz CT molecular complexity index is 1230. The second kappa shape index (κ2) is 6.44. The van der Waals surface area contributed by atoms with Crippen molar-refractivity contribution >= 4 is 34.4 Å². The number of anilines is 1. The van der Waals surface area contributed by atoms with Gasteiger partial charge in [0.1, 0.15) is 11.6 Å². The summed E-state index contributed by atoms with van der Waals surface area (Å²) in [5, 5.41) is 6.63. The van der Waals surface area contributed by atoms with Crippen LogP contribution < -0.4 is 10.6 Å². The quantitative estimate of drug-likeness (QED) is 0.686. The number of amides is 3. The SMILES string of the molecule is O=C1N[C@H]2C[C@@H]1N(C(=O)c1cc3cc(NC(=O)C4(c5ccccc5)CC4)ccc3o1)C2. The molecular weight excluding hydrogens is 394 g/mol. The van der Waals surface area contributed by atoms with Crippen LogP contribution in [-0.4, -0.2) is 41.2 Å². The minimum absolute atomic E-state index is 0.0167. The van der Waals surface area contributed by atoms with Crippen molar-refractivity contribution in [1.29, 1.82) is 0 Å². The summed E-state index contributed by atoms with van der Waals surface area (Å²) < 4.78 is 5.76. The van der Waals surface area contributed by atoms with Gasteiger partial charge in [-0.1, -0.05) is 30.3 Å². The first-order valence-corrected chi connectivity index (χ1v) is 10.6. The van der Waals surface area contributed by atoms with Gasteiger partial charge in [0.2, 0.25) is 11.8 Å². The first-order valence-electron chi connectivity index (χ1n) is 10.6. The molecule has 0 radical (unpaired) electrons. The third kappa shape index (κ3) is 2.84. The highest BCUT2D eigenvalue weighted by Crippen LogP contribution is 2.49. The Kier molecular flexibility index (Phi) is 3.78. The molecule has 3 aliphatic rings. The Hall–Kier alpha value is -3.61. The predicted octanol–water partition coefficient (Wildman–Crippen LogP) is 2.82. The third-order valence-electron chi connectivity index (χ3n) is 6.71. The molecular formula is C24H21N3O4. The molecule has 2 saturated heterocycles. The van der Waals surface area contributed by atoms with Gasteiger partial charge in [0.05, 0.1) is 5.41 Å². The van der Waals surface area contributed by atoms with Gasteiger partial charge in [-0.05, 0) is 49.1 Å². The number of likely N-dealkylation sites (tertiary alicyclic amines) is 1. The van der Waals surface area contributed by atoms with E-state index in [1.54, 1.807) is 23.1 Å². The molecule has 2 bridgehead atoms. The van der Waals surface area contributed by atoms with E-state index in [-0.39, 0.29) is 29.5 Å². The Morgan fingerprint density at radius 1 is 1.10 bits per heavy atom. The van der Waals surface area contributed by atoms with Crippen LogP contribution in [-0.2, 0) is 15.0 Å². The summed E-state index contributed by atoms with van der Waals surface area (Å²) >= 11 is 0. The van der Waals surface area contributed by atoms with Crippen molar-refractivity contribution in [2.75, 3.05) is 11.9 Å². The molecule has 0 spiro atoms. The van der Waals surface area contributed by atoms with Gasteiger partial charge in [-0.2, -0.15) is 0 Å². The standard InChI is InChI=1S/C24H21N3O4/c28-21-18-12-17(25-21)13-27(18)22(29)20-11-14-10-16(6-7-19(14)31-20)26-23(30)24(8-9-24)15-4-2-1-3-5-15/h1-7,10-11,17-18H,8-9,12-13H2,(H,25,28)(H,26,30)/t17-,18-/m0/s1. The molecule has 3 fully saturated rings. The fourth-order valence-corrected chi connectivity index (χ4v) is 4.86. The molecule has 3 amide bonds. The van der Waals surface area contributed by atoms with Gasteiger partial charge < -0.3 is 20.0 Å². The monoisotopic (exact) mass is 415 g/mol. The molecule has 3 aromatic rings. The fraction of sp³-hybridized carbons (Fsp3) is 0.292. The van der Waals surface area contributed by atoms with Gasteiger partial charge in [0.25, 0.3) is 5.91 Å². The number of hydrogen-bond acceptors (Lipinski definition) is 4. The Balaban J connectivity index is 1.23. The van der Waals surface area contributed by atoms with E-state index in [9.17, 15) is 14.4 Å². The Labute approximate surface area is 178 Å². The van der Waals surface area contributed by atoms with Crippen LogP contribution in [0.5, 0.6) is 0 Å². The van der Waals surface area contributed by atoms with E-state index in [0.717, 1.165) is 23.8 Å². The summed E-state index contributed by atoms with van der Waals surface area (Å²) in [4.78, 5) is 39.4. The highest BCUT2D eigenvalue weighted by atomic mass is 16.3. The number of nitrogens with zero attached hydrogens (tertiary/aromatic N) is 1. The number of carbonyl (C=O) groups is 3. The number of hydrogen-bond donors (Lipinski definition) is 2. The number of piperazine rings is 1. The second-order valence-electron chi connectivity index (χ2n) is 8.68. The molecule has 3 heterocycles. The minimum Gasteiger partial charge on any atom is -0.451 e. The largest absolute Gasteiger partial charge is 0.451 e. The van der Waals surface area contributed by atoms with Crippen LogP contribution in [0.3, 0.4) is 0 Å². The second-order valence-corrected chi connectivity index (χ2v) is 8.68. The normalized spacial score (nSPS) is 23.1. The highest BCUT2D eigenvalue weighted by Gasteiger charge is 2.51. The zero-order chi connectivity index (χ0) is 21.2. The van der Waals surface area contributed by atoms with Gasteiger partial charge >= 0.3 is 0 Å². The smallest absolute Gasteiger partial charge is 0.290 e. The first kappa shape index (κ1) is 18.2. The summed E-state index contributed by atoms with van der Waals surface area (Å²) in [6.45, 7) is 0.509. The van der Waals surface area contributed by atoms with E-state index < -0.39 is 11.5 Å². The average Bonchev–Trinajstić information content (AvgIpc) is 3.13. The molecule has 2 atom stereocenters. The Morgan fingerprint density at radius 3 is 2.61 bits per heavy atom. The van der Waals surface area contributed by atoms with Crippen molar-refractivity contribution in [3.05, 3.63) is 65.9 Å². The van der Waals surface area contributed by atoms with Crippen LogP contribution in [0.4, 0.5) is 5.69 Å². The molecule has 7 heteroatoms. The van der Waals surface area contributed by atoms with E-state index in [2.05, 4.69) is 10.6 Å². The van der Waals surface area contributed by atoms with Crippen LogP contribution in [0.25, 0.3) is 11.0 Å². The van der Waals surface area contributed by atoms with E-state index in [4.69, 9.17) is 4.42 Å². The van der Waals surface area contributed by atoms with E-state index in [0.29, 0.717) is 24.2 Å². The number of carbonyl (C=O) groups excluding carboxylic acids is 3. The summed E-state index contributed by atoms with van der Waals surface area (Å²) in [7, 11) is 0. The summed E-state index contributed by atoms with van der Waals surface area (Å²) in [6.07, 6.45) is 2.33. The van der Waals surface area contributed by atoms with E-state index in [1.165, 1.54) is 0 Å². The molecule has 2 aromatic carbocycles. The maximum absolute atomic E-state index is 13.0. The van der Waals surface area contributed by atoms with Crippen molar-refractivity contribution in [2.45, 2.75) is 36.8 Å². The fourth-order valence-electron chi connectivity index (χ4n) is 4.86. The number of fused-ring (bicyclic) bond motifs is 3. The van der Waals surface area contributed by atoms with E-state index >= 15 is 0 Å². The van der Waals surface area contributed by atoms with Crippen molar-refractivity contribution in [2.24, 2.45) is 0 Å². The third-order valence-corrected chi connectivity index (χ3v) is 6.71. The van der Waals surface area contributed by atoms with Crippen molar-refractivity contribution in [3.63, 3.8) is 0 Å². The summed E-state index contributed by atoms with van der Waals surface area (Å²) in [5.74, 6) is -0.179. The number of nitrogens with one attached hydrogen (secondary N) is 2. The number of benzene rings is 2. The lowest BCUT2D eigenvalue weighted by Crippen LogP contribution is -2.50. The molecule has 1 saturated carbocycles. The van der Waals surface area contributed by atoms with Crippen LogP contribution in [0.2, 0.25) is 0 Å². The lowest BCUT2D eigenvalue weighted by atomic mass is 9.95. The minimum atomic E-state index is -0.455. The number of furan rings is 1. The maximum atomic E-state index is 13.0. The van der Waals surface area contributed by atoms with Gasteiger partial charge in [-0.15, -0.1) is 0 Å². The zero-order valence-electron chi connectivity index (χ0n) is 16.8. The molecule has 156 valence electrons. The van der Waals surface area contributed by atoms with E-state index in [1.807, 2.05) is 36.4 Å². The van der Waals surface area contributed by atoms with Gasteiger partial charge in [0.15, 0.2) is 5.76 Å². The lowest BCUT2D eigenvalue weighted by Gasteiger charge is -2.25. The van der Waals surface area contributed by atoms with Crippen LogP contribution in [0.15, 0.2) is 59.0 Å². The highest BCUT2D eigenvalue weighted by molar-refractivity contribution is 6.03. The number of rotatable bonds is 4. The van der Waals surface area contributed by atoms with Crippen molar-refractivity contribution in [1.82, 2.24) is 10.2 Å². The summed E-state index contributed by atoms with van der Waals surface area (Å²) in [5.41, 5.74) is 1.82. The lowest BCUT2D eigenvalue weighted by molar-refractivity contribution is -0.124. The predicted molar refractivity (Wildman–Crippen MR) is 114 cm³/mol. The van der Waals surface area contributed by atoms with Gasteiger partial charge in [0, 0.05) is 23.7 Å². The zero-order valence-corrected chi connectivity index (χ0v) is 16.8. The molecule has 0 unspecified atom stereocenters. The first-order chi connectivity index (χ1) is 15.0. The molecule has 1 aliphatic carbocycles.